The van der Waals surface area contributed by atoms with E-state index in [-0.39, 0.29) is 17.9 Å². The van der Waals surface area contributed by atoms with Gasteiger partial charge in [0.1, 0.15) is 11.3 Å². The van der Waals surface area contributed by atoms with Gasteiger partial charge >= 0.3 is 18.1 Å². The van der Waals surface area contributed by atoms with Crippen molar-refractivity contribution < 1.29 is 46.9 Å². The number of methoxy groups -OCH3 is 2. The standard InChI is InChI=1S/C26H28N2O5.C2HF3O2/c1-4-27-23(29)20-21(24(27)30)26(25(31)33-3)14-5-15-28(26)22(20)18-8-6-16(7-9-18)17-10-12-19(32-2)13-11-17;3-2(4,5)1(6)7/h6-13,20-22H,4-5,14-15H2,1-3H3;(H,6,7)/t20-,21-,22+,26-;/m0./s1. The zero-order chi connectivity index (χ0) is 29.4. The summed E-state index contributed by atoms with van der Waals surface area (Å²) >= 11 is 0. The number of benzene rings is 2. The van der Waals surface area contributed by atoms with Crippen molar-refractivity contribution in [1.82, 2.24) is 9.80 Å². The molecule has 3 saturated heterocycles. The molecule has 1 N–H and O–H groups in total. The molecule has 9 nitrogen and oxygen atoms in total. The molecule has 40 heavy (non-hydrogen) atoms. The maximum Gasteiger partial charge on any atom is 0.490 e. The summed E-state index contributed by atoms with van der Waals surface area (Å²) in [5.74, 6) is -4.09. The summed E-state index contributed by atoms with van der Waals surface area (Å²) in [7, 11) is 3.00. The zero-order valence-corrected chi connectivity index (χ0v) is 22.1. The Labute approximate surface area is 228 Å². The molecule has 3 fully saturated rings. The molecule has 3 aliphatic rings. The number of alkyl halides is 3. The highest BCUT2D eigenvalue weighted by Gasteiger charge is 2.73. The molecule has 0 saturated carbocycles. The third-order valence-electron chi connectivity index (χ3n) is 7.88. The molecule has 214 valence electrons. The van der Waals surface area contributed by atoms with Gasteiger partial charge in [-0.2, -0.15) is 13.2 Å². The molecule has 5 rings (SSSR count). The number of likely N-dealkylation sites (tertiary alicyclic amines) is 1. The second-order valence-electron chi connectivity index (χ2n) is 9.74. The van der Waals surface area contributed by atoms with E-state index in [1.165, 1.54) is 12.0 Å². The molecule has 0 bridgehead atoms. The molecule has 12 heteroatoms. The Hall–Kier alpha value is -3.93. The number of hydrogen-bond acceptors (Lipinski definition) is 7. The molecule has 0 unspecified atom stereocenters. The van der Waals surface area contributed by atoms with Gasteiger partial charge in [-0.3, -0.25) is 24.2 Å². The Bertz CT molecular complexity index is 1300. The average Bonchev–Trinajstić information content (AvgIpc) is 3.56. The normalized spacial score (nSPS) is 25.6. The van der Waals surface area contributed by atoms with E-state index in [1.807, 2.05) is 48.5 Å². The Morgan fingerprint density at radius 2 is 1.55 bits per heavy atom. The number of aliphatic carboxylic acids is 1. The largest absolute Gasteiger partial charge is 0.497 e. The lowest BCUT2D eigenvalue weighted by Gasteiger charge is -2.36. The highest BCUT2D eigenvalue weighted by atomic mass is 19.4. The molecule has 0 spiro atoms. The number of ether oxygens (including phenoxy) is 2. The molecule has 0 aromatic heterocycles. The number of amides is 2. The van der Waals surface area contributed by atoms with Crippen LogP contribution in [-0.4, -0.2) is 77.7 Å². The lowest BCUT2D eigenvalue weighted by molar-refractivity contribution is -0.192. The highest BCUT2D eigenvalue weighted by Crippen LogP contribution is 2.59. The molecule has 0 aliphatic carbocycles. The minimum Gasteiger partial charge on any atom is -0.497 e. The van der Waals surface area contributed by atoms with Crippen molar-refractivity contribution in [2.24, 2.45) is 11.8 Å². The number of rotatable bonds is 5. The Morgan fingerprint density at radius 3 is 2.02 bits per heavy atom. The van der Waals surface area contributed by atoms with E-state index in [0.29, 0.717) is 19.5 Å². The fraction of sp³-hybridized carbons (Fsp3) is 0.429. The number of carboxylic acids is 1. The summed E-state index contributed by atoms with van der Waals surface area (Å²) in [6.07, 6.45) is -3.77. The Morgan fingerprint density at radius 1 is 1.00 bits per heavy atom. The van der Waals surface area contributed by atoms with Crippen LogP contribution in [0.1, 0.15) is 31.4 Å². The summed E-state index contributed by atoms with van der Waals surface area (Å²) in [5, 5.41) is 7.12. The first-order valence-corrected chi connectivity index (χ1v) is 12.7. The van der Waals surface area contributed by atoms with Crippen LogP contribution in [-0.2, 0) is 23.9 Å². The van der Waals surface area contributed by atoms with Gasteiger partial charge in [0.25, 0.3) is 0 Å². The molecule has 0 radical (unpaired) electrons. The van der Waals surface area contributed by atoms with Crippen LogP contribution in [0, 0.1) is 11.8 Å². The maximum absolute atomic E-state index is 13.4. The SMILES string of the molecule is CCN1C(=O)[C@@H]2[C@@H](c3ccc(-c4ccc(OC)cc4)cc3)N3CCC[C@@]3(C(=O)OC)[C@@H]2C1=O.O=C(O)C(F)(F)F. The first-order valence-electron chi connectivity index (χ1n) is 12.7. The van der Waals surface area contributed by atoms with E-state index < -0.39 is 35.5 Å². The van der Waals surface area contributed by atoms with E-state index in [1.54, 1.807) is 14.0 Å². The fourth-order valence-corrected chi connectivity index (χ4v) is 6.23. The third kappa shape index (κ3) is 4.70. The first-order chi connectivity index (χ1) is 18.9. The van der Waals surface area contributed by atoms with Crippen molar-refractivity contribution in [3.05, 3.63) is 54.1 Å². The smallest absolute Gasteiger partial charge is 0.490 e. The van der Waals surface area contributed by atoms with Gasteiger partial charge in [0.15, 0.2) is 0 Å². The van der Waals surface area contributed by atoms with Crippen LogP contribution in [0.25, 0.3) is 11.1 Å². The van der Waals surface area contributed by atoms with E-state index in [0.717, 1.165) is 28.9 Å². The van der Waals surface area contributed by atoms with Crippen molar-refractivity contribution in [2.75, 3.05) is 27.3 Å². The van der Waals surface area contributed by atoms with Gasteiger partial charge < -0.3 is 14.6 Å². The lowest BCUT2D eigenvalue weighted by Crippen LogP contribution is -2.54. The van der Waals surface area contributed by atoms with Gasteiger partial charge in [0.05, 0.1) is 26.1 Å². The molecular weight excluding hydrogens is 533 g/mol. The number of nitrogens with zero attached hydrogens (tertiary/aromatic N) is 2. The number of esters is 1. The van der Waals surface area contributed by atoms with Gasteiger partial charge in [0.2, 0.25) is 11.8 Å². The van der Waals surface area contributed by atoms with E-state index in [9.17, 15) is 27.6 Å². The Kier molecular flexibility index (Phi) is 7.93. The van der Waals surface area contributed by atoms with Crippen LogP contribution < -0.4 is 4.74 Å². The minimum absolute atomic E-state index is 0.186. The second-order valence-corrected chi connectivity index (χ2v) is 9.74. The number of carboxylic acid groups (broad SMARTS) is 1. The highest BCUT2D eigenvalue weighted by molar-refractivity contribution is 6.09. The van der Waals surface area contributed by atoms with Crippen LogP contribution >= 0.6 is 0 Å². The van der Waals surface area contributed by atoms with Crippen molar-refractivity contribution in [2.45, 2.75) is 37.5 Å². The third-order valence-corrected chi connectivity index (χ3v) is 7.88. The summed E-state index contributed by atoms with van der Waals surface area (Å²) in [4.78, 5) is 52.1. The molecule has 4 atom stereocenters. The van der Waals surface area contributed by atoms with Crippen molar-refractivity contribution in [1.29, 1.82) is 0 Å². The molecule has 3 heterocycles. The average molecular weight is 563 g/mol. The number of halogens is 3. The number of carbonyl (C=O) groups is 4. The maximum atomic E-state index is 13.4. The van der Waals surface area contributed by atoms with E-state index in [2.05, 4.69) is 4.90 Å². The summed E-state index contributed by atoms with van der Waals surface area (Å²) in [6.45, 7) is 2.76. The van der Waals surface area contributed by atoms with Gasteiger partial charge in [0, 0.05) is 12.6 Å². The van der Waals surface area contributed by atoms with Gasteiger partial charge in [-0.15, -0.1) is 0 Å². The monoisotopic (exact) mass is 562 g/mol. The predicted molar refractivity (Wildman–Crippen MR) is 135 cm³/mol. The molecule has 2 aromatic rings. The first kappa shape index (κ1) is 29.1. The van der Waals surface area contributed by atoms with Gasteiger partial charge in [-0.1, -0.05) is 36.4 Å². The van der Waals surface area contributed by atoms with Gasteiger partial charge in [-0.05, 0) is 55.1 Å². The van der Waals surface area contributed by atoms with E-state index >= 15 is 0 Å². The number of hydrogen-bond donors (Lipinski definition) is 1. The molecule has 2 amide bonds. The number of fused-ring (bicyclic) bond motifs is 3. The van der Waals surface area contributed by atoms with E-state index in [4.69, 9.17) is 19.4 Å². The van der Waals surface area contributed by atoms with Crippen molar-refractivity contribution >= 4 is 23.8 Å². The number of carbonyl (C=O) groups excluding carboxylic acids is 3. The lowest BCUT2D eigenvalue weighted by atomic mass is 9.77. The van der Waals surface area contributed by atoms with Crippen LogP contribution in [0.2, 0.25) is 0 Å². The second kappa shape index (κ2) is 10.9. The topological polar surface area (TPSA) is 113 Å². The Balaban J connectivity index is 0.000000470. The molecular formula is C28H29F3N2O7. The van der Waals surface area contributed by atoms with Crippen molar-refractivity contribution in [3.63, 3.8) is 0 Å². The predicted octanol–water partition coefficient (Wildman–Crippen LogP) is 3.68. The fourth-order valence-electron chi connectivity index (χ4n) is 6.23. The summed E-state index contributed by atoms with van der Waals surface area (Å²) in [6, 6.07) is 15.6. The number of imide groups is 1. The molecule has 2 aromatic carbocycles. The summed E-state index contributed by atoms with van der Waals surface area (Å²) in [5.41, 5.74) is 1.96. The quantitative estimate of drug-likeness (QED) is 0.434. The van der Waals surface area contributed by atoms with Crippen LogP contribution in [0.3, 0.4) is 0 Å². The van der Waals surface area contributed by atoms with Crippen molar-refractivity contribution in [3.8, 4) is 16.9 Å². The van der Waals surface area contributed by atoms with Crippen LogP contribution in [0.4, 0.5) is 13.2 Å². The van der Waals surface area contributed by atoms with Gasteiger partial charge in [-0.25, -0.2) is 4.79 Å². The van der Waals surface area contributed by atoms with Crippen LogP contribution in [0.15, 0.2) is 48.5 Å². The summed E-state index contributed by atoms with van der Waals surface area (Å²) < 4.78 is 42.2. The molecule has 3 aliphatic heterocycles. The minimum atomic E-state index is -5.08. The van der Waals surface area contributed by atoms with Crippen LogP contribution in [0.5, 0.6) is 5.75 Å². The zero-order valence-electron chi connectivity index (χ0n) is 22.1.